The van der Waals surface area contributed by atoms with Gasteiger partial charge in [-0.1, -0.05) is 12.1 Å². The monoisotopic (exact) mass is 252 g/mol. The maximum Gasteiger partial charge on any atom is 0.169 e. The summed E-state index contributed by atoms with van der Waals surface area (Å²) in [6, 6.07) is 6.22. The van der Waals surface area contributed by atoms with Crippen molar-refractivity contribution < 1.29 is 9.13 Å². The lowest BCUT2D eigenvalue weighted by atomic mass is 10.1. The lowest BCUT2D eigenvalue weighted by Gasteiger charge is -2.36. The third-order valence-corrected chi connectivity index (χ3v) is 3.29. The lowest BCUT2D eigenvalue weighted by Crippen LogP contribution is -2.53. The quantitative estimate of drug-likeness (QED) is 0.890. The fourth-order valence-electron chi connectivity index (χ4n) is 2.65. The Balaban J connectivity index is 2.09. The molecule has 0 bridgehead atoms. The van der Waals surface area contributed by atoms with E-state index in [4.69, 9.17) is 4.74 Å². The minimum Gasteiger partial charge on any atom is -0.494 e. The van der Waals surface area contributed by atoms with Crippen LogP contribution in [-0.2, 0) is 6.54 Å². The molecule has 0 radical (unpaired) electrons. The van der Waals surface area contributed by atoms with E-state index < -0.39 is 0 Å². The van der Waals surface area contributed by atoms with Gasteiger partial charge in [0.2, 0.25) is 0 Å². The van der Waals surface area contributed by atoms with Crippen LogP contribution in [0.3, 0.4) is 0 Å². The summed E-state index contributed by atoms with van der Waals surface area (Å²) in [5.74, 6) is 0.0857. The number of piperazine rings is 1. The van der Waals surface area contributed by atoms with Gasteiger partial charge in [-0.25, -0.2) is 4.39 Å². The van der Waals surface area contributed by atoms with Gasteiger partial charge in [-0.05, 0) is 19.9 Å². The molecule has 1 heterocycles. The summed E-state index contributed by atoms with van der Waals surface area (Å²) in [6.07, 6.45) is 0. The highest BCUT2D eigenvalue weighted by Crippen LogP contribution is 2.21. The van der Waals surface area contributed by atoms with Crippen molar-refractivity contribution in [2.45, 2.75) is 32.5 Å². The second kappa shape index (κ2) is 5.67. The average molecular weight is 252 g/mol. The Morgan fingerprint density at radius 3 is 2.61 bits per heavy atom. The van der Waals surface area contributed by atoms with E-state index in [1.807, 2.05) is 12.1 Å². The van der Waals surface area contributed by atoms with Crippen molar-refractivity contribution in [1.29, 1.82) is 0 Å². The molecule has 3 nitrogen and oxygen atoms in total. The molecule has 1 aromatic rings. The number of halogens is 1. The predicted octanol–water partition coefficient (Wildman–Crippen LogP) is 2.02. The summed E-state index contributed by atoms with van der Waals surface area (Å²) in [5.41, 5.74) is 0.704. The molecule has 1 aliphatic rings. The van der Waals surface area contributed by atoms with Gasteiger partial charge in [-0.3, -0.25) is 4.90 Å². The SMILES string of the molecule is COc1cccc(CN2CC(C)NC(C)C2)c1F. The highest BCUT2D eigenvalue weighted by atomic mass is 19.1. The zero-order valence-electron chi connectivity index (χ0n) is 11.2. The van der Waals surface area contributed by atoms with Crippen molar-refractivity contribution in [2.24, 2.45) is 0 Å². The molecule has 0 saturated carbocycles. The third kappa shape index (κ3) is 3.00. The summed E-state index contributed by atoms with van der Waals surface area (Å²) < 4.78 is 19.1. The molecule has 1 fully saturated rings. The fourth-order valence-corrected chi connectivity index (χ4v) is 2.65. The van der Waals surface area contributed by atoms with Gasteiger partial charge in [0.15, 0.2) is 11.6 Å². The maximum atomic E-state index is 14.1. The Morgan fingerprint density at radius 2 is 2.00 bits per heavy atom. The van der Waals surface area contributed by atoms with Crippen LogP contribution >= 0.6 is 0 Å². The van der Waals surface area contributed by atoms with Crippen LogP contribution in [0.5, 0.6) is 5.75 Å². The summed E-state index contributed by atoms with van der Waals surface area (Å²) in [4.78, 5) is 2.28. The zero-order valence-corrected chi connectivity index (χ0v) is 11.2. The van der Waals surface area contributed by atoms with Crippen LogP contribution in [0.25, 0.3) is 0 Å². The molecule has 2 atom stereocenters. The summed E-state index contributed by atoms with van der Waals surface area (Å²) in [5, 5.41) is 3.47. The van der Waals surface area contributed by atoms with E-state index in [0.717, 1.165) is 13.1 Å². The highest BCUT2D eigenvalue weighted by molar-refractivity contribution is 5.31. The molecule has 1 aromatic carbocycles. The molecule has 0 spiro atoms. The van der Waals surface area contributed by atoms with Gasteiger partial charge < -0.3 is 10.1 Å². The first-order valence-electron chi connectivity index (χ1n) is 6.40. The van der Waals surface area contributed by atoms with Gasteiger partial charge in [-0.15, -0.1) is 0 Å². The Morgan fingerprint density at radius 1 is 1.33 bits per heavy atom. The first-order valence-corrected chi connectivity index (χ1v) is 6.40. The van der Waals surface area contributed by atoms with Gasteiger partial charge in [0.05, 0.1) is 7.11 Å². The Hall–Kier alpha value is -1.13. The number of nitrogens with one attached hydrogen (secondary N) is 1. The van der Waals surface area contributed by atoms with E-state index >= 15 is 0 Å². The molecule has 4 heteroatoms. The molecule has 1 aliphatic heterocycles. The molecule has 100 valence electrons. The van der Waals surface area contributed by atoms with Crippen molar-refractivity contribution in [2.75, 3.05) is 20.2 Å². The molecular formula is C14H21FN2O. The Bertz CT molecular complexity index is 401. The predicted molar refractivity (Wildman–Crippen MR) is 70.3 cm³/mol. The van der Waals surface area contributed by atoms with Crippen LogP contribution < -0.4 is 10.1 Å². The molecule has 2 rings (SSSR count). The molecule has 2 unspecified atom stereocenters. The number of ether oxygens (including phenoxy) is 1. The van der Waals surface area contributed by atoms with Gasteiger partial charge in [0.1, 0.15) is 0 Å². The normalized spacial score (nSPS) is 25.1. The van der Waals surface area contributed by atoms with Crippen LogP contribution in [0.15, 0.2) is 18.2 Å². The number of methoxy groups -OCH3 is 1. The number of benzene rings is 1. The number of nitrogens with zero attached hydrogens (tertiary/aromatic N) is 1. The second-order valence-electron chi connectivity index (χ2n) is 5.10. The van der Waals surface area contributed by atoms with Crippen molar-refractivity contribution in [3.63, 3.8) is 0 Å². The smallest absolute Gasteiger partial charge is 0.169 e. The number of hydrogen-bond donors (Lipinski definition) is 1. The van der Waals surface area contributed by atoms with Gasteiger partial charge in [0, 0.05) is 37.3 Å². The second-order valence-corrected chi connectivity index (χ2v) is 5.10. The van der Waals surface area contributed by atoms with Crippen LogP contribution in [-0.4, -0.2) is 37.2 Å². The fraction of sp³-hybridized carbons (Fsp3) is 0.571. The van der Waals surface area contributed by atoms with Crippen LogP contribution in [0, 0.1) is 5.82 Å². The third-order valence-electron chi connectivity index (χ3n) is 3.29. The Labute approximate surface area is 108 Å². The topological polar surface area (TPSA) is 24.5 Å². The summed E-state index contributed by atoms with van der Waals surface area (Å²) >= 11 is 0. The van der Waals surface area contributed by atoms with Crippen LogP contribution in [0.2, 0.25) is 0 Å². The van der Waals surface area contributed by atoms with E-state index in [9.17, 15) is 4.39 Å². The average Bonchev–Trinajstić information content (AvgIpc) is 2.30. The van der Waals surface area contributed by atoms with E-state index in [1.54, 1.807) is 6.07 Å². The van der Waals surface area contributed by atoms with Gasteiger partial charge >= 0.3 is 0 Å². The molecule has 0 amide bonds. The van der Waals surface area contributed by atoms with Crippen LogP contribution in [0.1, 0.15) is 19.4 Å². The van der Waals surface area contributed by atoms with Crippen molar-refractivity contribution >= 4 is 0 Å². The minimum absolute atomic E-state index is 0.237. The first-order chi connectivity index (χ1) is 8.60. The largest absolute Gasteiger partial charge is 0.494 e. The molecule has 1 saturated heterocycles. The summed E-state index contributed by atoms with van der Waals surface area (Å²) in [6.45, 7) is 6.84. The lowest BCUT2D eigenvalue weighted by molar-refractivity contribution is 0.164. The molecule has 0 aromatic heterocycles. The molecule has 1 N–H and O–H groups in total. The number of hydrogen-bond acceptors (Lipinski definition) is 3. The molecule has 0 aliphatic carbocycles. The first kappa shape index (κ1) is 13.3. The van der Waals surface area contributed by atoms with Crippen molar-refractivity contribution in [1.82, 2.24) is 10.2 Å². The number of rotatable bonds is 3. The zero-order chi connectivity index (χ0) is 13.1. The van der Waals surface area contributed by atoms with E-state index in [1.165, 1.54) is 7.11 Å². The van der Waals surface area contributed by atoms with Crippen LogP contribution in [0.4, 0.5) is 4.39 Å². The van der Waals surface area contributed by atoms with Gasteiger partial charge in [-0.2, -0.15) is 0 Å². The van der Waals surface area contributed by atoms with Crippen molar-refractivity contribution in [3.8, 4) is 5.75 Å². The minimum atomic E-state index is -0.237. The highest BCUT2D eigenvalue weighted by Gasteiger charge is 2.22. The molecular weight excluding hydrogens is 231 g/mol. The van der Waals surface area contributed by atoms with Crippen molar-refractivity contribution in [3.05, 3.63) is 29.6 Å². The standard InChI is InChI=1S/C14H21FN2O/c1-10-7-17(8-11(2)16-10)9-12-5-4-6-13(18-3)14(12)15/h4-6,10-11,16H,7-9H2,1-3H3. The van der Waals surface area contributed by atoms with E-state index in [0.29, 0.717) is 29.9 Å². The summed E-state index contributed by atoms with van der Waals surface area (Å²) in [7, 11) is 1.50. The Kier molecular flexibility index (Phi) is 4.19. The van der Waals surface area contributed by atoms with E-state index in [2.05, 4.69) is 24.1 Å². The van der Waals surface area contributed by atoms with Gasteiger partial charge in [0.25, 0.3) is 0 Å². The molecule has 18 heavy (non-hydrogen) atoms. The van der Waals surface area contributed by atoms with E-state index in [-0.39, 0.29) is 5.82 Å². The maximum absolute atomic E-state index is 14.1.